The summed E-state index contributed by atoms with van der Waals surface area (Å²) in [7, 11) is 0. The van der Waals surface area contributed by atoms with E-state index < -0.39 is 24.5 Å². The first kappa shape index (κ1) is 23.2. The summed E-state index contributed by atoms with van der Waals surface area (Å²) in [5.74, 6) is 0.630. The Balaban J connectivity index is 1.30. The van der Waals surface area contributed by atoms with E-state index in [-0.39, 0.29) is 5.88 Å². The Hall–Kier alpha value is -1.54. The molecule has 13 heteroatoms. The van der Waals surface area contributed by atoms with Gasteiger partial charge in [-0.15, -0.1) is 23.4 Å². The van der Waals surface area contributed by atoms with Gasteiger partial charge in [0.2, 0.25) is 4.73 Å². The Kier molecular flexibility index (Phi) is 7.02. The fourth-order valence-corrected chi connectivity index (χ4v) is 5.73. The number of aliphatic hydroxyl groups excluding tert-OH is 2. The molecule has 0 bridgehead atoms. The number of rotatable bonds is 6. The molecule has 2 fully saturated rings. The van der Waals surface area contributed by atoms with Crippen LogP contribution in [0.1, 0.15) is 19.1 Å². The summed E-state index contributed by atoms with van der Waals surface area (Å²) in [5.41, 5.74) is 4.39. The summed E-state index contributed by atoms with van der Waals surface area (Å²) in [5, 5.41) is 24.3. The molecule has 2 saturated heterocycles. The smallest absolute Gasteiger partial charge is 0.200 e. The summed E-state index contributed by atoms with van der Waals surface area (Å²) < 4.78 is 7.73. The van der Waals surface area contributed by atoms with E-state index in [0.29, 0.717) is 27.0 Å². The molecule has 3 N–H and O–H groups in total. The summed E-state index contributed by atoms with van der Waals surface area (Å²) in [6.45, 7) is 1.70. The second-order valence-electron chi connectivity index (χ2n) is 7.95. The Morgan fingerprint density at radius 1 is 1.18 bits per heavy atom. The number of fused-ring (bicyclic) bond motifs is 1. The number of halogens is 2. The third kappa shape index (κ3) is 4.83. The first-order valence-corrected chi connectivity index (χ1v) is 12.8. The summed E-state index contributed by atoms with van der Waals surface area (Å²) in [6.07, 6.45) is 1.63. The number of piperidine rings is 1. The number of nitrogens with one attached hydrogen (secondary N) is 1. The third-order valence-electron chi connectivity index (χ3n) is 5.79. The highest BCUT2D eigenvalue weighted by Gasteiger charge is 2.44. The van der Waals surface area contributed by atoms with Crippen molar-refractivity contribution < 1.29 is 14.9 Å². The van der Waals surface area contributed by atoms with Crippen LogP contribution in [0.2, 0.25) is 0 Å². The topological polar surface area (TPSA) is 121 Å². The van der Waals surface area contributed by atoms with E-state index in [1.54, 1.807) is 4.57 Å². The van der Waals surface area contributed by atoms with Crippen molar-refractivity contribution in [3.63, 3.8) is 0 Å². The lowest BCUT2D eigenvalue weighted by Gasteiger charge is -2.31. The van der Waals surface area contributed by atoms with Crippen LogP contribution in [0, 0.1) is 0 Å². The molecule has 0 aromatic carbocycles. The fourth-order valence-electron chi connectivity index (χ4n) is 4.06. The zero-order valence-electron chi connectivity index (χ0n) is 17.5. The average molecular weight is 557 g/mol. The molecule has 3 aromatic heterocycles. The maximum Gasteiger partial charge on any atom is 0.200 e. The minimum Gasteiger partial charge on any atom is -0.387 e. The normalized spacial score (nSPS) is 26.8. The molecular weight excluding hydrogens is 534 g/mol. The van der Waals surface area contributed by atoms with Gasteiger partial charge in [-0.25, -0.2) is 24.9 Å². The third-order valence-corrected chi connectivity index (χ3v) is 7.74. The number of anilines is 1. The molecule has 0 amide bonds. The Bertz CT molecular complexity index is 1100. The van der Waals surface area contributed by atoms with Crippen molar-refractivity contribution >= 4 is 56.3 Å². The molecule has 10 nitrogen and oxygen atoms in total. The molecule has 3 aromatic rings. The Morgan fingerprint density at radius 3 is 2.70 bits per heavy atom. The number of thioether (sulfide) groups is 1. The van der Waals surface area contributed by atoms with Crippen LogP contribution in [0.15, 0.2) is 40.5 Å². The van der Waals surface area contributed by atoms with E-state index in [4.69, 9.17) is 16.3 Å². The highest BCUT2D eigenvalue weighted by molar-refractivity contribution is 9.10. The van der Waals surface area contributed by atoms with E-state index in [2.05, 4.69) is 46.3 Å². The van der Waals surface area contributed by atoms with Gasteiger partial charge in [0.25, 0.3) is 0 Å². The van der Waals surface area contributed by atoms with Crippen molar-refractivity contribution in [2.24, 2.45) is 0 Å². The van der Waals surface area contributed by atoms with Gasteiger partial charge < -0.3 is 20.4 Å². The van der Waals surface area contributed by atoms with Crippen molar-refractivity contribution in [3.05, 3.63) is 35.5 Å². The number of alkyl halides is 1. The van der Waals surface area contributed by atoms with Gasteiger partial charge in [0, 0.05) is 24.5 Å². The number of hydrogen-bond acceptors (Lipinski definition) is 10. The van der Waals surface area contributed by atoms with Crippen molar-refractivity contribution in [1.29, 1.82) is 0 Å². The fraction of sp³-hybridized carbons (Fsp3) is 0.500. The van der Waals surface area contributed by atoms with Crippen LogP contribution in [0.4, 0.5) is 5.82 Å². The quantitative estimate of drug-likeness (QED) is 0.308. The SMILES string of the molecule is OC1C(O)[C@@H](CCl)O[C@H]1n1cnc2c(NN3CCC(Sc4ccccn4)CC3)nc(Br)nc21. The lowest BCUT2D eigenvalue weighted by molar-refractivity contribution is -0.0291. The number of ether oxygens (including phenoxy) is 1. The van der Waals surface area contributed by atoms with Gasteiger partial charge in [-0.2, -0.15) is 0 Å². The highest BCUT2D eigenvalue weighted by Crippen LogP contribution is 2.34. The maximum atomic E-state index is 10.5. The lowest BCUT2D eigenvalue weighted by Crippen LogP contribution is -2.39. The van der Waals surface area contributed by atoms with E-state index >= 15 is 0 Å². The Morgan fingerprint density at radius 2 is 2.00 bits per heavy atom. The van der Waals surface area contributed by atoms with Crippen LogP contribution in [0.5, 0.6) is 0 Å². The van der Waals surface area contributed by atoms with Crippen LogP contribution in [-0.2, 0) is 4.74 Å². The number of aliphatic hydroxyl groups is 2. The first-order chi connectivity index (χ1) is 16.0. The summed E-state index contributed by atoms with van der Waals surface area (Å²) >= 11 is 11.0. The van der Waals surface area contributed by atoms with Gasteiger partial charge in [0.1, 0.15) is 18.3 Å². The monoisotopic (exact) mass is 555 g/mol. The van der Waals surface area contributed by atoms with Gasteiger partial charge in [-0.05, 0) is 40.9 Å². The molecule has 4 atom stereocenters. The summed E-state index contributed by atoms with van der Waals surface area (Å²) in [6, 6.07) is 5.98. The molecule has 0 radical (unpaired) electrons. The molecule has 5 rings (SSSR count). The second kappa shape index (κ2) is 9.98. The van der Waals surface area contributed by atoms with Gasteiger partial charge in [0.15, 0.2) is 23.2 Å². The number of aromatic nitrogens is 5. The lowest BCUT2D eigenvalue weighted by atomic mass is 10.1. The van der Waals surface area contributed by atoms with Crippen molar-refractivity contribution in [2.45, 2.75) is 47.7 Å². The van der Waals surface area contributed by atoms with Crippen LogP contribution in [0.3, 0.4) is 0 Å². The molecule has 2 unspecified atom stereocenters. The van der Waals surface area contributed by atoms with Gasteiger partial charge in [-0.3, -0.25) is 4.57 Å². The molecule has 2 aliphatic rings. The molecule has 33 heavy (non-hydrogen) atoms. The van der Waals surface area contributed by atoms with Gasteiger partial charge in [0.05, 0.1) is 17.2 Å². The molecule has 0 spiro atoms. The molecule has 0 saturated carbocycles. The number of imidazole rings is 1. The minimum absolute atomic E-state index is 0.0708. The highest BCUT2D eigenvalue weighted by atomic mass is 79.9. The largest absolute Gasteiger partial charge is 0.387 e. The van der Waals surface area contributed by atoms with E-state index in [1.807, 2.05) is 36.2 Å². The van der Waals surface area contributed by atoms with E-state index in [0.717, 1.165) is 31.0 Å². The van der Waals surface area contributed by atoms with Crippen LogP contribution >= 0.6 is 39.3 Å². The molecule has 2 aliphatic heterocycles. The number of pyridine rings is 1. The van der Waals surface area contributed by atoms with Crippen LogP contribution in [0.25, 0.3) is 11.2 Å². The van der Waals surface area contributed by atoms with Gasteiger partial charge in [-0.1, -0.05) is 6.07 Å². The van der Waals surface area contributed by atoms with Crippen molar-refractivity contribution in [1.82, 2.24) is 29.5 Å². The molecule has 0 aliphatic carbocycles. The van der Waals surface area contributed by atoms with E-state index in [9.17, 15) is 10.2 Å². The van der Waals surface area contributed by atoms with Crippen molar-refractivity contribution in [2.75, 3.05) is 24.4 Å². The number of nitrogens with zero attached hydrogens (tertiary/aromatic N) is 6. The van der Waals surface area contributed by atoms with Crippen LogP contribution in [-0.4, -0.2) is 82.3 Å². The first-order valence-electron chi connectivity index (χ1n) is 10.6. The zero-order valence-corrected chi connectivity index (χ0v) is 20.6. The van der Waals surface area contributed by atoms with E-state index in [1.165, 1.54) is 6.33 Å². The predicted molar refractivity (Wildman–Crippen MR) is 128 cm³/mol. The Labute approximate surface area is 207 Å². The molecule has 5 heterocycles. The van der Waals surface area contributed by atoms with Crippen molar-refractivity contribution in [3.8, 4) is 0 Å². The van der Waals surface area contributed by atoms with Crippen LogP contribution < -0.4 is 5.43 Å². The zero-order chi connectivity index (χ0) is 22.9. The molecular formula is C20H23BrClN7O3S. The predicted octanol–water partition coefficient (Wildman–Crippen LogP) is 2.43. The number of hydrogen-bond donors (Lipinski definition) is 3. The number of hydrazine groups is 1. The average Bonchev–Trinajstić information content (AvgIpc) is 3.36. The standard InChI is InChI=1S/C20H23BrClN7O3S/c21-20-25-17(27-28-7-4-11(5-8-28)33-13-3-1-2-6-23-13)14-18(26-20)29(10-24-14)19-16(31)15(30)12(9-22)32-19/h1-3,6,10-12,15-16,19,30-31H,4-5,7-9H2,(H,25,26,27)/t12-,15?,16?,19-/m1/s1. The second-order valence-corrected chi connectivity index (χ2v) is 10.3. The molecule has 176 valence electrons. The minimum atomic E-state index is -1.15. The van der Waals surface area contributed by atoms with Gasteiger partial charge >= 0.3 is 0 Å². The summed E-state index contributed by atoms with van der Waals surface area (Å²) in [4.78, 5) is 17.8. The maximum absolute atomic E-state index is 10.5.